The molecule has 0 radical (unpaired) electrons. The van der Waals surface area contributed by atoms with Gasteiger partial charge in [0.25, 0.3) is 5.91 Å². The van der Waals surface area contributed by atoms with Crippen molar-refractivity contribution in [1.29, 1.82) is 0 Å². The molecular weight excluding hydrogens is 326 g/mol. The van der Waals surface area contributed by atoms with E-state index in [1.165, 1.54) is 7.11 Å². The lowest BCUT2D eigenvalue weighted by atomic mass is 10.1. The Morgan fingerprint density at radius 2 is 2.05 bits per heavy atom. The standard InChI is InChI=1S/C14H20BrNO4/c1-18-11-4-5-13(19-2)12(10-11)14(17)16-7-3-8-20-9-6-15/h4-5,10H,3,6-9H2,1-2H3,(H,16,17). The molecule has 1 aromatic carbocycles. The van der Waals surface area contributed by atoms with E-state index in [1.54, 1.807) is 25.3 Å². The highest BCUT2D eigenvalue weighted by molar-refractivity contribution is 9.09. The van der Waals surface area contributed by atoms with Crippen molar-refractivity contribution in [3.05, 3.63) is 23.8 Å². The summed E-state index contributed by atoms with van der Waals surface area (Å²) in [6, 6.07) is 5.13. The molecule has 1 rings (SSSR count). The summed E-state index contributed by atoms with van der Waals surface area (Å²) in [7, 11) is 3.09. The summed E-state index contributed by atoms with van der Waals surface area (Å²) in [5.41, 5.74) is 0.466. The second-order valence-corrected chi connectivity index (χ2v) is 4.77. The monoisotopic (exact) mass is 345 g/mol. The maximum Gasteiger partial charge on any atom is 0.255 e. The third-order valence-electron chi connectivity index (χ3n) is 2.62. The van der Waals surface area contributed by atoms with Crippen molar-refractivity contribution < 1.29 is 19.0 Å². The van der Waals surface area contributed by atoms with Crippen LogP contribution in [0.15, 0.2) is 18.2 Å². The van der Waals surface area contributed by atoms with Crippen LogP contribution in [0.4, 0.5) is 0 Å². The number of hydrogen-bond donors (Lipinski definition) is 1. The molecule has 0 heterocycles. The fraction of sp³-hybridized carbons (Fsp3) is 0.500. The Labute approximate surface area is 127 Å². The van der Waals surface area contributed by atoms with Crippen LogP contribution in [0.2, 0.25) is 0 Å². The Morgan fingerprint density at radius 1 is 1.25 bits per heavy atom. The van der Waals surface area contributed by atoms with Crippen molar-refractivity contribution in [2.24, 2.45) is 0 Å². The van der Waals surface area contributed by atoms with Gasteiger partial charge in [0.2, 0.25) is 0 Å². The van der Waals surface area contributed by atoms with E-state index in [2.05, 4.69) is 21.2 Å². The molecule has 0 spiro atoms. The minimum absolute atomic E-state index is 0.179. The molecule has 0 unspecified atom stereocenters. The van der Waals surface area contributed by atoms with Crippen molar-refractivity contribution in [3.8, 4) is 11.5 Å². The van der Waals surface area contributed by atoms with E-state index < -0.39 is 0 Å². The van der Waals surface area contributed by atoms with Gasteiger partial charge in [-0.15, -0.1) is 0 Å². The number of rotatable bonds is 9. The maximum absolute atomic E-state index is 12.1. The molecule has 1 aromatic rings. The molecule has 0 saturated heterocycles. The highest BCUT2D eigenvalue weighted by Gasteiger charge is 2.12. The van der Waals surface area contributed by atoms with Gasteiger partial charge < -0.3 is 19.5 Å². The zero-order chi connectivity index (χ0) is 14.8. The molecule has 0 aliphatic rings. The van der Waals surface area contributed by atoms with E-state index in [4.69, 9.17) is 14.2 Å². The predicted octanol–water partition coefficient (Wildman–Crippen LogP) is 2.24. The van der Waals surface area contributed by atoms with Gasteiger partial charge in [-0.25, -0.2) is 0 Å². The van der Waals surface area contributed by atoms with E-state index in [1.807, 2.05) is 0 Å². The summed E-state index contributed by atoms with van der Waals surface area (Å²) in [5, 5.41) is 3.66. The number of ether oxygens (including phenoxy) is 3. The highest BCUT2D eigenvalue weighted by atomic mass is 79.9. The van der Waals surface area contributed by atoms with Crippen molar-refractivity contribution in [2.45, 2.75) is 6.42 Å². The van der Waals surface area contributed by atoms with Crippen LogP contribution < -0.4 is 14.8 Å². The summed E-state index contributed by atoms with van der Waals surface area (Å²) in [6.45, 7) is 1.86. The number of hydrogen-bond acceptors (Lipinski definition) is 4. The van der Waals surface area contributed by atoms with Crippen LogP contribution in [0.3, 0.4) is 0 Å². The van der Waals surface area contributed by atoms with Crippen LogP contribution in [0.25, 0.3) is 0 Å². The van der Waals surface area contributed by atoms with E-state index in [9.17, 15) is 4.79 Å². The lowest BCUT2D eigenvalue weighted by Gasteiger charge is -2.11. The van der Waals surface area contributed by atoms with Crippen LogP contribution in [0, 0.1) is 0 Å². The van der Waals surface area contributed by atoms with E-state index in [-0.39, 0.29) is 5.91 Å². The molecule has 0 saturated carbocycles. The van der Waals surface area contributed by atoms with Gasteiger partial charge in [0.1, 0.15) is 11.5 Å². The van der Waals surface area contributed by atoms with Crippen LogP contribution >= 0.6 is 15.9 Å². The summed E-state index contributed by atoms with van der Waals surface area (Å²) in [5.74, 6) is 0.969. The Morgan fingerprint density at radius 3 is 2.70 bits per heavy atom. The van der Waals surface area contributed by atoms with Crippen LogP contribution in [-0.4, -0.2) is 45.2 Å². The van der Waals surface area contributed by atoms with Crippen molar-refractivity contribution in [2.75, 3.05) is 39.3 Å². The number of benzene rings is 1. The Hall–Kier alpha value is -1.27. The Bertz CT molecular complexity index is 426. The SMILES string of the molecule is COc1ccc(OC)c(C(=O)NCCCOCCBr)c1. The first-order valence-electron chi connectivity index (χ1n) is 6.37. The first-order chi connectivity index (χ1) is 9.72. The van der Waals surface area contributed by atoms with Crippen molar-refractivity contribution in [3.63, 3.8) is 0 Å². The highest BCUT2D eigenvalue weighted by Crippen LogP contribution is 2.23. The van der Waals surface area contributed by atoms with E-state index in [0.29, 0.717) is 36.8 Å². The maximum atomic E-state index is 12.1. The van der Waals surface area contributed by atoms with Crippen molar-refractivity contribution in [1.82, 2.24) is 5.32 Å². The molecule has 0 bridgehead atoms. The zero-order valence-corrected chi connectivity index (χ0v) is 13.4. The summed E-state index contributed by atoms with van der Waals surface area (Å²) < 4.78 is 15.6. The topological polar surface area (TPSA) is 56.8 Å². The molecule has 112 valence electrons. The van der Waals surface area contributed by atoms with E-state index >= 15 is 0 Å². The average molecular weight is 346 g/mol. The number of methoxy groups -OCH3 is 2. The first kappa shape index (κ1) is 16.8. The molecule has 0 aliphatic carbocycles. The third kappa shape index (κ3) is 5.38. The van der Waals surface area contributed by atoms with Gasteiger partial charge >= 0.3 is 0 Å². The second kappa shape index (κ2) is 9.61. The van der Waals surface area contributed by atoms with Crippen LogP contribution in [0.1, 0.15) is 16.8 Å². The first-order valence-corrected chi connectivity index (χ1v) is 7.49. The second-order valence-electron chi connectivity index (χ2n) is 3.98. The summed E-state index contributed by atoms with van der Waals surface area (Å²) in [6.07, 6.45) is 0.769. The Balaban J connectivity index is 2.49. The van der Waals surface area contributed by atoms with E-state index in [0.717, 1.165) is 11.8 Å². The molecule has 0 fully saturated rings. The number of halogens is 1. The van der Waals surface area contributed by atoms with Crippen LogP contribution in [-0.2, 0) is 4.74 Å². The molecular formula is C14H20BrNO4. The quantitative estimate of drug-likeness (QED) is 0.550. The summed E-state index contributed by atoms with van der Waals surface area (Å²) in [4.78, 5) is 12.1. The van der Waals surface area contributed by atoms with Gasteiger partial charge in [-0.1, -0.05) is 15.9 Å². The predicted molar refractivity (Wildman–Crippen MR) is 81.1 cm³/mol. The van der Waals surface area contributed by atoms with Crippen LogP contribution in [0.5, 0.6) is 11.5 Å². The lowest BCUT2D eigenvalue weighted by Crippen LogP contribution is -2.25. The Kier molecular flexibility index (Phi) is 8.06. The fourth-order valence-electron chi connectivity index (χ4n) is 1.62. The number of carbonyl (C=O) groups is 1. The number of alkyl halides is 1. The van der Waals surface area contributed by atoms with Gasteiger partial charge in [-0.05, 0) is 24.6 Å². The number of carbonyl (C=O) groups excluding carboxylic acids is 1. The van der Waals surface area contributed by atoms with Crippen molar-refractivity contribution >= 4 is 21.8 Å². The fourth-order valence-corrected chi connectivity index (χ4v) is 1.85. The molecule has 1 amide bonds. The van der Waals surface area contributed by atoms with Gasteiger partial charge in [-0.3, -0.25) is 4.79 Å². The number of amides is 1. The largest absolute Gasteiger partial charge is 0.497 e. The number of nitrogens with one attached hydrogen (secondary N) is 1. The zero-order valence-electron chi connectivity index (χ0n) is 11.8. The molecule has 6 heteroatoms. The lowest BCUT2D eigenvalue weighted by molar-refractivity contribution is 0.0941. The molecule has 0 atom stereocenters. The van der Waals surface area contributed by atoms with Gasteiger partial charge in [0.15, 0.2) is 0 Å². The molecule has 20 heavy (non-hydrogen) atoms. The minimum Gasteiger partial charge on any atom is -0.497 e. The average Bonchev–Trinajstić information content (AvgIpc) is 2.49. The van der Waals surface area contributed by atoms with Gasteiger partial charge in [0, 0.05) is 18.5 Å². The molecule has 0 aliphatic heterocycles. The smallest absolute Gasteiger partial charge is 0.255 e. The summed E-state index contributed by atoms with van der Waals surface area (Å²) >= 11 is 3.28. The van der Waals surface area contributed by atoms with Gasteiger partial charge in [-0.2, -0.15) is 0 Å². The third-order valence-corrected chi connectivity index (χ3v) is 2.95. The normalized spacial score (nSPS) is 10.2. The molecule has 5 nitrogen and oxygen atoms in total. The van der Waals surface area contributed by atoms with Gasteiger partial charge in [0.05, 0.1) is 26.4 Å². The minimum atomic E-state index is -0.179. The molecule has 0 aromatic heterocycles. The molecule has 1 N–H and O–H groups in total.